The average Bonchev–Trinajstić information content (AvgIpc) is 2.85. The van der Waals surface area contributed by atoms with Crippen molar-refractivity contribution in [1.82, 2.24) is 9.78 Å². The van der Waals surface area contributed by atoms with Gasteiger partial charge in [0.05, 0.1) is 12.1 Å². The molecule has 2 rings (SSSR count). The molecule has 0 spiro atoms. The first-order valence-electron chi connectivity index (χ1n) is 7.23. The van der Waals surface area contributed by atoms with Gasteiger partial charge in [0, 0.05) is 18.8 Å². The number of hydrogen-bond donors (Lipinski definition) is 1. The summed E-state index contributed by atoms with van der Waals surface area (Å²) in [5.41, 5.74) is 7.14. The maximum absolute atomic E-state index is 12.8. The molecular weight excluding hydrogens is 267 g/mol. The van der Waals surface area contributed by atoms with Crippen molar-refractivity contribution < 1.29 is 13.2 Å². The first-order chi connectivity index (χ1) is 9.40. The number of aryl methyl sites for hydroxylation is 1. The lowest BCUT2D eigenvalue weighted by molar-refractivity contribution is -0.186. The van der Waals surface area contributed by atoms with Crippen LogP contribution in [0.4, 0.5) is 13.2 Å². The summed E-state index contributed by atoms with van der Waals surface area (Å²) in [6, 6.07) is -0.213. The normalized spacial score (nSPS) is 25.6. The summed E-state index contributed by atoms with van der Waals surface area (Å²) in [7, 11) is 0. The maximum Gasteiger partial charge on any atom is 0.391 e. The number of alkyl halides is 3. The van der Waals surface area contributed by atoms with E-state index in [9.17, 15) is 13.2 Å². The van der Waals surface area contributed by atoms with Gasteiger partial charge >= 0.3 is 6.18 Å². The Hall–Kier alpha value is -1.04. The SMILES string of the molecule is CCn1cc(CC(N)C2CCCC(C(F)(F)F)C2)cn1. The maximum atomic E-state index is 12.8. The molecule has 0 radical (unpaired) electrons. The van der Waals surface area contributed by atoms with Gasteiger partial charge in [0.2, 0.25) is 0 Å². The molecule has 0 aliphatic heterocycles. The third-order valence-electron chi connectivity index (χ3n) is 4.27. The Kier molecular flexibility index (Phi) is 4.73. The minimum absolute atomic E-state index is 0.0413. The Morgan fingerprint density at radius 2 is 2.20 bits per heavy atom. The van der Waals surface area contributed by atoms with Gasteiger partial charge in [0.15, 0.2) is 0 Å². The van der Waals surface area contributed by atoms with Crippen molar-refractivity contribution >= 4 is 0 Å². The van der Waals surface area contributed by atoms with Crippen molar-refractivity contribution in [3.8, 4) is 0 Å². The second kappa shape index (κ2) is 6.16. The zero-order valence-corrected chi connectivity index (χ0v) is 11.7. The number of hydrogen-bond acceptors (Lipinski definition) is 2. The summed E-state index contributed by atoms with van der Waals surface area (Å²) >= 11 is 0. The van der Waals surface area contributed by atoms with Gasteiger partial charge in [-0.3, -0.25) is 4.68 Å². The average molecular weight is 289 g/mol. The lowest BCUT2D eigenvalue weighted by atomic mass is 9.76. The van der Waals surface area contributed by atoms with E-state index in [2.05, 4.69) is 5.10 Å². The van der Waals surface area contributed by atoms with Crippen LogP contribution in [0.5, 0.6) is 0 Å². The highest BCUT2D eigenvalue weighted by Gasteiger charge is 2.43. The van der Waals surface area contributed by atoms with E-state index in [1.807, 2.05) is 13.1 Å². The molecule has 0 amide bonds. The zero-order chi connectivity index (χ0) is 14.8. The van der Waals surface area contributed by atoms with Crippen molar-refractivity contribution in [3.63, 3.8) is 0 Å². The van der Waals surface area contributed by atoms with Crippen LogP contribution in [-0.2, 0) is 13.0 Å². The van der Waals surface area contributed by atoms with Crippen LogP contribution in [-0.4, -0.2) is 22.0 Å². The van der Waals surface area contributed by atoms with Crippen LogP contribution in [0.2, 0.25) is 0 Å². The molecule has 20 heavy (non-hydrogen) atoms. The molecule has 6 heteroatoms. The Balaban J connectivity index is 1.93. The number of nitrogens with two attached hydrogens (primary N) is 1. The van der Waals surface area contributed by atoms with E-state index in [0.717, 1.165) is 18.5 Å². The van der Waals surface area contributed by atoms with Crippen molar-refractivity contribution in [2.45, 2.75) is 57.8 Å². The van der Waals surface area contributed by atoms with Crippen molar-refractivity contribution in [3.05, 3.63) is 18.0 Å². The molecule has 1 aliphatic carbocycles. The van der Waals surface area contributed by atoms with Crippen LogP contribution in [0.3, 0.4) is 0 Å². The number of nitrogens with zero attached hydrogens (tertiary/aromatic N) is 2. The van der Waals surface area contributed by atoms with Gasteiger partial charge in [-0.1, -0.05) is 6.42 Å². The standard InChI is InChI=1S/C14H22F3N3/c1-2-20-9-10(8-19-20)6-13(18)11-4-3-5-12(7-11)14(15,16)17/h8-9,11-13H,2-7,18H2,1H3. The van der Waals surface area contributed by atoms with Crippen LogP contribution >= 0.6 is 0 Å². The van der Waals surface area contributed by atoms with Crippen molar-refractivity contribution in [1.29, 1.82) is 0 Å². The van der Waals surface area contributed by atoms with Crippen molar-refractivity contribution in [2.75, 3.05) is 0 Å². The summed E-state index contributed by atoms with van der Waals surface area (Å²) in [6.45, 7) is 2.78. The largest absolute Gasteiger partial charge is 0.391 e. The number of aromatic nitrogens is 2. The molecular formula is C14H22F3N3. The van der Waals surface area contributed by atoms with Crippen LogP contribution in [0, 0.1) is 11.8 Å². The summed E-state index contributed by atoms with van der Waals surface area (Å²) in [6.07, 6.45) is 2.05. The molecule has 0 bridgehead atoms. The smallest absolute Gasteiger partial charge is 0.327 e. The first kappa shape index (κ1) is 15.4. The Morgan fingerprint density at radius 1 is 1.45 bits per heavy atom. The predicted octanol–water partition coefficient (Wildman–Crippen LogP) is 3.14. The lowest BCUT2D eigenvalue weighted by Gasteiger charge is -2.33. The second-order valence-electron chi connectivity index (χ2n) is 5.74. The molecule has 0 aromatic carbocycles. The topological polar surface area (TPSA) is 43.8 Å². The van der Waals surface area contributed by atoms with E-state index in [1.165, 1.54) is 0 Å². The van der Waals surface area contributed by atoms with E-state index < -0.39 is 12.1 Å². The molecule has 2 N–H and O–H groups in total. The van der Waals surface area contributed by atoms with Crippen LogP contribution < -0.4 is 5.73 Å². The Labute approximate surface area is 117 Å². The zero-order valence-electron chi connectivity index (χ0n) is 11.7. The molecule has 1 saturated carbocycles. The molecule has 1 heterocycles. The summed E-state index contributed by atoms with van der Waals surface area (Å²) < 4.78 is 40.2. The molecule has 1 aliphatic rings. The van der Waals surface area contributed by atoms with E-state index in [1.54, 1.807) is 10.9 Å². The van der Waals surface area contributed by atoms with Gasteiger partial charge in [-0.25, -0.2) is 0 Å². The first-order valence-corrected chi connectivity index (χ1v) is 7.23. The minimum Gasteiger partial charge on any atom is -0.327 e. The highest BCUT2D eigenvalue weighted by Crippen LogP contribution is 2.40. The van der Waals surface area contributed by atoms with Gasteiger partial charge < -0.3 is 5.73 Å². The van der Waals surface area contributed by atoms with E-state index >= 15 is 0 Å². The van der Waals surface area contributed by atoms with Gasteiger partial charge in [0.25, 0.3) is 0 Å². The molecule has 1 aromatic rings. The summed E-state index contributed by atoms with van der Waals surface area (Å²) in [5, 5.41) is 4.17. The Bertz CT molecular complexity index is 428. The second-order valence-corrected chi connectivity index (χ2v) is 5.74. The van der Waals surface area contributed by atoms with Crippen molar-refractivity contribution in [2.24, 2.45) is 17.6 Å². The molecule has 114 valence electrons. The quantitative estimate of drug-likeness (QED) is 0.925. The molecule has 3 nitrogen and oxygen atoms in total. The van der Waals surface area contributed by atoms with Gasteiger partial charge in [-0.05, 0) is 44.1 Å². The summed E-state index contributed by atoms with van der Waals surface area (Å²) in [4.78, 5) is 0. The van der Waals surface area contributed by atoms with E-state index in [0.29, 0.717) is 12.8 Å². The molecule has 0 saturated heterocycles. The third-order valence-corrected chi connectivity index (χ3v) is 4.27. The van der Waals surface area contributed by atoms with Gasteiger partial charge in [-0.2, -0.15) is 18.3 Å². The highest BCUT2D eigenvalue weighted by molar-refractivity contribution is 5.06. The van der Waals surface area contributed by atoms with Gasteiger partial charge in [0.1, 0.15) is 0 Å². The van der Waals surface area contributed by atoms with Crippen LogP contribution in [0.1, 0.15) is 38.2 Å². The van der Waals surface area contributed by atoms with Crippen LogP contribution in [0.15, 0.2) is 12.4 Å². The summed E-state index contributed by atoms with van der Waals surface area (Å²) in [5.74, 6) is -1.22. The van der Waals surface area contributed by atoms with Crippen LogP contribution in [0.25, 0.3) is 0 Å². The molecule has 1 aromatic heterocycles. The monoisotopic (exact) mass is 289 g/mol. The fourth-order valence-electron chi connectivity index (χ4n) is 3.04. The molecule has 1 fully saturated rings. The fraction of sp³-hybridized carbons (Fsp3) is 0.786. The van der Waals surface area contributed by atoms with E-state index in [-0.39, 0.29) is 24.8 Å². The fourth-order valence-corrected chi connectivity index (χ4v) is 3.04. The molecule has 3 atom stereocenters. The minimum atomic E-state index is -4.08. The highest BCUT2D eigenvalue weighted by atomic mass is 19.4. The predicted molar refractivity (Wildman–Crippen MR) is 71.1 cm³/mol. The number of halogens is 3. The third kappa shape index (κ3) is 3.75. The Morgan fingerprint density at radius 3 is 2.80 bits per heavy atom. The molecule has 3 unspecified atom stereocenters. The van der Waals surface area contributed by atoms with Gasteiger partial charge in [-0.15, -0.1) is 0 Å². The lowest BCUT2D eigenvalue weighted by Crippen LogP contribution is -2.38. The van der Waals surface area contributed by atoms with E-state index in [4.69, 9.17) is 5.73 Å². The number of rotatable bonds is 4.